The Kier molecular flexibility index (Phi) is 11.6. The first kappa shape index (κ1) is 18.9. The summed E-state index contributed by atoms with van der Waals surface area (Å²) in [5.41, 5.74) is 0. The number of alkyl halides is 3. The van der Waals surface area contributed by atoms with Crippen LogP contribution in [0.1, 0.15) is 64.7 Å². The van der Waals surface area contributed by atoms with Gasteiger partial charge in [0.15, 0.2) is 0 Å². The lowest BCUT2D eigenvalue weighted by Crippen LogP contribution is -2.04. The lowest BCUT2D eigenvalue weighted by Gasteiger charge is -2.09. The first-order valence-electron chi connectivity index (χ1n) is 7.20. The normalized spacial score (nSPS) is 12.9. The molecule has 0 radical (unpaired) electrons. The van der Waals surface area contributed by atoms with Crippen molar-refractivity contribution < 1.29 is 13.9 Å². The largest absolute Gasteiger partial charge is 0.396 e. The van der Waals surface area contributed by atoms with Crippen LogP contribution in [0.15, 0.2) is 0 Å². The summed E-state index contributed by atoms with van der Waals surface area (Å²) < 4.78 is 25.1. The molecule has 0 aromatic rings. The average molecular weight is 339 g/mol. The Balaban J connectivity index is 3.79. The lowest BCUT2D eigenvalue weighted by molar-refractivity contribution is 0.182. The number of hydrogen-bond acceptors (Lipinski definition) is 1. The molecule has 0 aromatic heterocycles. The molecule has 0 aliphatic rings. The van der Waals surface area contributed by atoms with Crippen molar-refractivity contribution in [2.45, 2.75) is 69.5 Å². The minimum atomic E-state index is -3.11. The molecule has 0 fully saturated rings. The molecular weight excluding hydrogens is 314 g/mol. The number of aliphatic hydroxyl groups is 1. The van der Waals surface area contributed by atoms with Gasteiger partial charge in [-0.05, 0) is 18.8 Å². The molecular formula is C15H25BrF2O. The quantitative estimate of drug-likeness (QED) is 0.333. The molecule has 0 heterocycles. The summed E-state index contributed by atoms with van der Waals surface area (Å²) >= 11 is 2.21. The molecule has 0 aliphatic carbocycles. The second-order valence-corrected chi connectivity index (χ2v) is 5.88. The smallest absolute Gasteiger partial charge is 0.363 e. The maximum absolute atomic E-state index is 12.6. The van der Waals surface area contributed by atoms with Crippen LogP contribution in [0.25, 0.3) is 0 Å². The monoisotopic (exact) mass is 338 g/mol. The minimum Gasteiger partial charge on any atom is -0.396 e. The van der Waals surface area contributed by atoms with Crippen molar-refractivity contribution in [1.29, 1.82) is 0 Å². The van der Waals surface area contributed by atoms with E-state index in [0.717, 1.165) is 19.3 Å². The van der Waals surface area contributed by atoms with Crippen LogP contribution in [0.4, 0.5) is 8.78 Å². The summed E-state index contributed by atoms with van der Waals surface area (Å²) in [7, 11) is 0. The van der Waals surface area contributed by atoms with Crippen molar-refractivity contribution in [1.82, 2.24) is 0 Å². The number of hydrogen-bond donors (Lipinski definition) is 1. The molecule has 0 saturated heterocycles. The number of halogens is 3. The van der Waals surface area contributed by atoms with Gasteiger partial charge in [0.25, 0.3) is 0 Å². The van der Waals surface area contributed by atoms with Gasteiger partial charge in [-0.1, -0.05) is 57.8 Å². The average Bonchev–Trinajstić information content (AvgIpc) is 2.33. The van der Waals surface area contributed by atoms with Crippen LogP contribution in [0.3, 0.4) is 0 Å². The van der Waals surface area contributed by atoms with Crippen molar-refractivity contribution in [3.63, 3.8) is 0 Å². The first-order chi connectivity index (χ1) is 8.99. The van der Waals surface area contributed by atoms with Gasteiger partial charge in [0.1, 0.15) is 0 Å². The molecule has 1 N–H and O–H groups in total. The summed E-state index contributed by atoms with van der Waals surface area (Å²) in [6, 6.07) is 0. The SMILES string of the molecule is CCCCCCCCCC(C#CC(F)(F)Br)CCO. The Morgan fingerprint density at radius 1 is 1.05 bits per heavy atom. The van der Waals surface area contributed by atoms with Crippen LogP contribution in [-0.2, 0) is 0 Å². The van der Waals surface area contributed by atoms with Gasteiger partial charge in [-0.25, -0.2) is 0 Å². The highest BCUT2D eigenvalue weighted by Crippen LogP contribution is 2.21. The molecule has 0 spiro atoms. The predicted octanol–water partition coefficient (Wildman–Crippen LogP) is 5.12. The molecule has 112 valence electrons. The van der Waals surface area contributed by atoms with E-state index in [9.17, 15) is 8.78 Å². The van der Waals surface area contributed by atoms with E-state index in [1.807, 2.05) is 5.92 Å². The number of rotatable bonds is 10. The van der Waals surface area contributed by atoms with E-state index in [2.05, 4.69) is 28.8 Å². The van der Waals surface area contributed by atoms with Crippen molar-refractivity contribution in [3.8, 4) is 11.8 Å². The fourth-order valence-corrected chi connectivity index (χ4v) is 2.09. The van der Waals surface area contributed by atoms with Gasteiger partial charge < -0.3 is 5.11 Å². The molecule has 1 nitrogen and oxygen atoms in total. The summed E-state index contributed by atoms with van der Waals surface area (Å²) in [6.45, 7) is 2.20. The molecule has 19 heavy (non-hydrogen) atoms. The zero-order chi connectivity index (χ0) is 14.6. The third-order valence-corrected chi connectivity index (χ3v) is 3.25. The van der Waals surface area contributed by atoms with E-state index < -0.39 is 4.83 Å². The van der Waals surface area contributed by atoms with Crippen LogP contribution in [0.5, 0.6) is 0 Å². The standard InChI is InChI=1S/C15H25BrF2O/c1-2-3-4-5-6-7-8-9-14(11-13-19)10-12-15(16,17)18/h14,19H,2-9,11,13H2,1H3. The topological polar surface area (TPSA) is 20.2 Å². The second kappa shape index (κ2) is 11.7. The van der Waals surface area contributed by atoms with Crippen LogP contribution < -0.4 is 0 Å². The molecule has 0 aliphatic heterocycles. The molecule has 0 aromatic carbocycles. The van der Waals surface area contributed by atoms with Crippen molar-refractivity contribution in [3.05, 3.63) is 0 Å². The van der Waals surface area contributed by atoms with E-state index in [0.29, 0.717) is 6.42 Å². The highest BCUT2D eigenvalue weighted by atomic mass is 79.9. The summed E-state index contributed by atoms with van der Waals surface area (Å²) in [5, 5.41) is 8.90. The summed E-state index contributed by atoms with van der Waals surface area (Å²) in [5.74, 6) is 4.34. The Bertz CT molecular complexity index is 266. The van der Waals surface area contributed by atoms with E-state index in [4.69, 9.17) is 5.11 Å². The third kappa shape index (κ3) is 14.1. The van der Waals surface area contributed by atoms with Gasteiger partial charge in [-0.3, -0.25) is 0 Å². The van der Waals surface area contributed by atoms with Gasteiger partial charge in [-0.15, -0.1) is 0 Å². The highest BCUT2D eigenvalue weighted by molar-refractivity contribution is 9.10. The van der Waals surface area contributed by atoms with E-state index in [1.165, 1.54) is 32.1 Å². The summed E-state index contributed by atoms with van der Waals surface area (Å²) in [6.07, 6.45) is 9.67. The molecule has 0 amide bonds. The second-order valence-electron chi connectivity index (χ2n) is 4.89. The van der Waals surface area contributed by atoms with E-state index >= 15 is 0 Å². The lowest BCUT2D eigenvalue weighted by atomic mass is 9.98. The molecule has 0 rings (SSSR count). The Hall–Kier alpha value is -0.140. The van der Waals surface area contributed by atoms with E-state index in [1.54, 1.807) is 0 Å². The van der Waals surface area contributed by atoms with Crippen molar-refractivity contribution in [2.75, 3.05) is 6.61 Å². The van der Waals surface area contributed by atoms with Gasteiger partial charge >= 0.3 is 4.83 Å². The molecule has 1 atom stereocenters. The summed E-state index contributed by atoms with van der Waals surface area (Å²) in [4.78, 5) is -3.11. The van der Waals surface area contributed by atoms with Gasteiger partial charge in [0.05, 0.1) is 0 Å². The van der Waals surface area contributed by atoms with Gasteiger partial charge in [0.2, 0.25) is 0 Å². The Morgan fingerprint density at radius 2 is 1.63 bits per heavy atom. The highest BCUT2D eigenvalue weighted by Gasteiger charge is 2.19. The van der Waals surface area contributed by atoms with Gasteiger partial charge in [0, 0.05) is 28.5 Å². The van der Waals surface area contributed by atoms with Crippen LogP contribution in [0.2, 0.25) is 0 Å². The zero-order valence-electron chi connectivity index (χ0n) is 11.7. The Labute approximate surface area is 124 Å². The van der Waals surface area contributed by atoms with Crippen LogP contribution in [-0.4, -0.2) is 16.5 Å². The maximum Gasteiger partial charge on any atom is 0.363 e. The zero-order valence-corrected chi connectivity index (χ0v) is 13.3. The first-order valence-corrected chi connectivity index (χ1v) is 7.99. The molecule has 1 unspecified atom stereocenters. The molecule has 0 bridgehead atoms. The van der Waals surface area contributed by atoms with Crippen LogP contribution >= 0.6 is 15.9 Å². The van der Waals surface area contributed by atoms with Crippen molar-refractivity contribution in [2.24, 2.45) is 5.92 Å². The number of unbranched alkanes of at least 4 members (excludes halogenated alkanes) is 6. The predicted molar refractivity (Wildman–Crippen MR) is 79.5 cm³/mol. The van der Waals surface area contributed by atoms with E-state index in [-0.39, 0.29) is 12.5 Å². The number of aliphatic hydroxyl groups excluding tert-OH is 1. The van der Waals surface area contributed by atoms with Crippen LogP contribution in [0, 0.1) is 17.8 Å². The maximum atomic E-state index is 12.6. The fourth-order valence-electron chi connectivity index (χ4n) is 1.98. The molecule has 0 saturated carbocycles. The fraction of sp³-hybridized carbons (Fsp3) is 0.867. The molecule has 4 heteroatoms. The minimum absolute atomic E-state index is 0.00367. The van der Waals surface area contributed by atoms with Crippen molar-refractivity contribution >= 4 is 15.9 Å². The third-order valence-electron chi connectivity index (χ3n) is 3.05. The van der Waals surface area contributed by atoms with Gasteiger partial charge in [-0.2, -0.15) is 8.78 Å². The Morgan fingerprint density at radius 3 is 2.16 bits per heavy atom.